The summed E-state index contributed by atoms with van der Waals surface area (Å²) in [5.41, 5.74) is 7.87. The molecule has 0 saturated heterocycles. The summed E-state index contributed by atoms with van der Waals surface area (Å²) in [7, 11) is 0. The van der Waals surface area contributed by atoms with E-state index in [9.17, 15) is 0 Å². The molecule has 0 bridgehead atoms. The number of nitrogen functional groups attached to an aromatic ring is 1. The van der Waals surface area contributed by atoms with Gasteiger partial charge in [0.25, 0.3) is 0 Å². The third kappa shape index (κ3) is 3.34. The molecule has 0 saturated carbocycles. The Morgan fingerprint density at radius 3 is 2.57 bits per heavy atom. The number of fused-ring (bicyclic) bond motifs is 1. The van der Waals surface area contributed by atoms with Crippen molar-refractivity contribution < 1.29 is 4.74 Å². The van der Waals surface area contributed by atoms with Crippen LogP contribution in [0.4, 0.5) is 5.69 Å². The van der Waals surface area contributed by atoms with E-state index in [2.05, 4.69) is 24.3 Å². The Morgan fingerprint density at radius 2 is 1.67 bits per heavy atom. The minimum atomic E-state index is 0.711. The summed E-state index contributed by atoms with van der Waals surface area (Å²) in [6.07, 6.45) is 1.96. The molecule has 0 aliphatic rings. The molecule has 3 aromatic rings. The fourth-order valence-electron chi connectivity index (χ4n) is 2.53. The molecule has 0 aromatic heterocycles. The number of nitrogens with two attached hydrogens (primary N) is 1. The van der Waals surface area contributed by atoms with Gasteiger partial charge in [0.2, 0.25) is 0 Å². The van der Waals surface area contributed by atoms with Gasteiger partial charge in [-0.25, -0.2) is 0 Å². The average molecular weight is 277 g/mol. The van der Waals surface area contributed by atoms with Crippen molar-refractivity contribution in [2.75, 3.05) is 12.3 Å². The van der Waals surface area contributed by atoms with Gasteiger partial charge in [-0.15, -0.1) is 0 Å². The first-order chi connectivity index (χ1) is 10.3. The molecular formula is C19H19NO. The predicted molar refractivity (Wildman–Crippen MR) is 88.6 cm³/mol. The SMILES string of the molecule is Nc1cccc(CCCOc2cccc3ccccc23)c1. The van der Waals surface area contributed by atoms with Crippen LogP contribution in [0.3, 0.4) is 0 Å². The molecule has 21 heavy (non-hydrogen) atoms. The number of rotatable bonds is 5. The Kier molecular flexibility index (Phi) is 4.06. The highest BCUT2D eigenvalue weighted by atomic mass is 16.5. The number of benzene rings is 3. The van der Waals surface area contributed by atoms with Crippen molar-refractivity contribution in [3.63, 3.8) is 0 Å². The summed E-state index contributed by atoms with van der Waals surface area (Å²) in [6, 6.07) is 22.5. The number of ether oxygens (including phenoxy) is 1. The lowest BCUT2D eigenvalue weighted by Gasteiger charge is -2.09. The van der Waals surface area contributed by atoms with Gasteiger partial charge in [-0.2, -0.15) is 0 Å². The predicted octanol–water partition coefficient (Wildman–Crippen LogP) is 4.43. The lowest BCUT2D eigenvalue weighted by molar-refractivity contribution is 0.314. The van der Waals surface area contributed by atoms with Crippen molar-refractivity contribution in [3.8, 4) is 5.75 Å². The molecule has 2 N–H and O–H groups in total. The van der Waals surface area contributed by atoms with Crippen LogP contribution in [-0.4, -0.2) is 6.61 Å². The first-order valence-electron chi connectivity index (χ1n) is 7.28. The Hall–Kier alpha value is -2.48. The summed E-state index contributed by atoms with van der Waals surface area (Å²) in [5.74, 6) is 0.959. The van der Waals surface area contributed by atoms with Crippen LogP contribution in [0.15, 0.2) is 66.7 Å². The highest BCUT2D eigenvalue weighted by molar-refractivity contribution is 5.88. The summed E-state index contributed by atoms with van der Waals surface area (Å²) >= 11 is 0. The van der Waals surface area contributed by atoms with Gasteiger partial charge in [0.05, 0.1) is 6.61 Å². The molecule has 0 aliphatic heterocycles. The van der Waals surface area contributed by atoms with Crippen LogP contribution in [0.25, 0.3) is 10.8 Å². The number of hydrogen-bond donors (Lipinski definition) is 1. The summed E-state index contributed by atoms with van der Waals surface area (Å²) < 4.78 is 5.94. The molecule has 0 unspecified atom stereocenters. The Bertz CT molecular complexity index is 731. The number of anilines is 1. The van der Waals surface area contributed by atoms with Crippen LogP contribution < -0.4 is 10.5 Å². The fourth-order valence-corrected chi connectivity index (χ4v) is 2.53. The van der Waals surface area contributed by atoms with Crippen LogP contribution in [0.1, 0.15) is 12.0 Å². The van der Waals surface area contributed by atoms with Crippen LogP contribution in [-0.2, 0) is 6.42 Å². The summed E-state index contributed by atoms with van der Waals surface area (Å²) in [4.78, 5) is 0. The molecule has 0 fully saturated rings. The van der Waals surface area contributed by atoms with E-state index in [1.54, 1.807) is 0 Å². The van der Waals surface area contributed by atoms with E-state index in [0.717, 1.165) is 24.3 Å². The number of aryl methyl sites for hydroxylation is 1. The first kappa shape index (κ1) is 13.5. The molecule has 0 spiro atoms. The second kappa shape index (κ2) is 6.31. The Labute approximate surface area is 125 Å². The van der Waals surface area contributed by atoms with E-state index in [1.807, 2.05) is 42.5 Å². The third-order valence-electron chi connectivity index (χ3n) is 3.57. The first-order valence-corrected chi connectivity index (χ1v) is 7.28. The fraction of sp³-hybridized carbons (Fsp3) is 0.158. The Balaban J connectivity index is 1.60. The average Bonchev–Trinajstić information content (AvgIpc) is 2.52. The van der Waals surface area contributed by atoms with Crippen LogP contribution in [0.2, 0.25) is 0 Å². The zero-order valence-electron chi connectivity index (χ0n) is 12.0. The van der Waals surface area contributed by atoms with Crippen molar-refractivity contribution in [2.45, 2.75) is 12.8 Å². The highest BCUT2D eigenvalue weighted by Crippen LogP contribution is 2.25. The molecule has 3 aromatic carbocycles. The Morgan fingerprint density at radius 1 is 0.857 bits per heavy atom. The van der Waals surface area contributed by atoms with Gasteiger partial charge in [-0.05, 0) is 42.0 Å². The molecule has 0 radical (unpaired) electrons. The van der Waals surface area contributed by atoms with Crippen LogP contribution in [0, 0.1) is 0 Å². The summed E-state index contributed by atoms with van der Waals surface area (Å²) in [6.45, 7) is 0.711. The van der Waals surface area contributed by atoms with E-state index in [-0.39, 0.29) is 0 Å². The molecule has 0 heterocycles. The summed E-state index contributed by atoms with van der Waals surface area (Å²) in [5, 5.41) is 2.38. The second-order valence-corrected chi connectivity index (χ2v) is 5.17. The lowest BCUT2D eigenvalue weighted by Crippen LogP contribution is -2.00. The topological polar surface area (TPSA) is 35.2 Å². The van der Waals surface area contributed by atoms with Crippen LogP contribution >= 0.6 is 0 Å². The minimum absolute atomic E-state index is 0.711. The zero-order valence-corrected chi connectivity index (χ0v) is 12.0. The van der Waals surface area contributed by atoms with Crippen molar-refractivity contribution in [1.82, 2.24) is 0 Å². The third-order valence-corrected chi connectivity index (χ3v) is 3.57. The van der Waals surface area contributed by atoms with E-state index in [4.69, 9.17) is 10.5 Å². The van der Waals surface area contributed by atoms with Crippen molar-refractivity contribution in [2.24, 2.45) is 0 Å². The smallest absolute Gasteiger partial charge is 0.127 e. The minimum Gasteiger partial charge on any atom is -0.493 e. The number of hydrogen-bond acceptors (Lipinski definition) is 2. The molecule has 3 rings (SSSR count). The van der Waals surface area contributed by atoms with Crippen molar-refractivity contribution in [3.05, 3.63) is 72.3 Å². The normalized spacial score (nSPS) is 10.7. The van der Waals surface area contributed by atoms with Gasteiger partial charge >= 0.3 is 0 Å². The highest BCUT2D eigenvalue weighted by Gasteiger charge is 2.01. The quantitative estimate of drug-likeness (QED) is 0.553. The molecule has 0 atom stereocenters. The molecule has 2 heteroatoms. The van der Waals surface area contributed by atoms with Gasteiger partial charge in [-0.3, -0.25) is 0 Å². The van der Waals surface area contributed by atoms with Crippen molar-refractivity contribution >= 4 is 16.5 Å². The van der Waals surface area contributed by atoms with Gasteiger partial charge in [0.15, 0.2) is 0 Å². The van der Waals surface area contributed by atoms with Crippen LogP contribution in [0.5, 0.6) is 5.75 Å². The molecule has 2 nitrogen and oxygen atoms in total. The zero-order chi connectivity index (χ0) is 14.5. The largest absolute Gasteiger partial charge is 0.493 e. The molecular weight excluding hydrogens is 258 g/mol. The van der Waals surface area contributed by atoms with E-state index < -0.39 is 0 Å². The second-order valence-electron chi connectivity index (χ2n) is 5.17. The van der Waals surface area contributed by atoms with E-state index >= 15 is 0 Å². The van der Waals surface area contributed by atoms with E-state index in [1.165, 1.54) is 16.3 Å². The monoisotopic (exact) mass is 277 g/mol. The molecule has 0 amide bonds. The maximum atomic E-state index is 5.94. The molecule has 106 valence electrons. The standard InChI is InChI=1S/C19H19NO/c20-17-10-3-6-15(14-17)7-5-13-21-19-12-4-9-16-8-1-2-11-18(16)19/h1-4,6,8-12,14H,5,7,13,20H2. The maximum Gasteiger partial charge on any atom is 0.127 e. The molecule has 0 aliphatic carbocycles. The van der Waals surface area contributed by atoms with Gasteiger partial charge in [0.1, 0.15) is 5.75 Å². The van der Waals surface area contributed by atoms with E-state index in [0.29, 0.717) is 6.61 Å². The van der Waals surface area contributed by atoms with Gasteiger partial charge in [0, 0.05) is 11.1 Å². The van der Waals surface area contributed by atoms with Gasteiger partial charge < -0.3 is 10.5 Å². The lowest BCUT2D eigenvalue weighted by atomic mass is 10.1. The van der Waals surface area contributed by atoms with Crippen molar-refractivity contribution in [1.29, 1.82) is 0 Å². The van der Waals surface area contributed by atoms with Gasteiger partial charge in [-0.1, -0.05) is 48.5 Å². The maximum absolute atomic E-state index is 5.94.